The van der Waals surface area contributed by atoms with Crippen molar-refractivity contribution in [3.05, 3.63) is 34.9 Å². The van der Waals surface area contributed by atoms with Gasteiger partial charge in [0.1, 0.15) is 6.61 Å². The largest absolute Gasteiger partial charge is 0.381 e. The molecule has 1 aliphatic rings. The maximum absolute atomic E-state index is 12.3. The van der Waals surface area contributed by atoms with Gasteiger partial charge in [0, 0.05) is 12.7 Å². The SMILES string of the molecule is COC1CCCC(OCC(=O)c2cc(C)ccc2C)C1. The van der Waals surface area contributed by atoms with E-state index in [9.17, 15) is 4.79 Å². The molecule has 2 rings (SSSR count). The normalized spacial score (nSPS) is 22.8. The molecule has 0 N–H and O–H groups in total. The van der Waals surface area contributed by atoms with Gasteiger partial charge in [-0.15, -0.1) is 0 Å². The molecule has 0 amide bonds. The van der Waals surface area contributed by atoms with Gasteiger partial charge in [-0.05, 0) is 51.2 Å². The molecule has 0 aromatic heterocycles. The van der Waals surface area contributed by atoms with Gasteiger partial charge in [-0.3, -0.25) is 4.79 Å². The second kappa shape index (κ2) is 7.00. The predicted octanol–water partition coefficient (Wildman–Crippen LogP) is 3.46. The van der Waals surface area contributed by atoms with E-state index >= 15 is 0 Å². The van der Waals surface area contributed by atoms with Crippen LogP contribution in [0, 0.1) is 13.8 Å². The molecule has 3 nitrogen and oxygen atoms in total. The maximum atomic E-state index is 12.3. The molecule has 1 aliphatic carbocycles. The highest BCUT2D eigenvalue weighted by molar-refractivity contribution is 5.98. The Morgan fingerprint density at radius 2 is 2.00 bits per heavy atom. The van der Waals surface area contributed by atoms with Gasteiger partial charge < -0.3 is 9.47 Å². The summed E-state index contributed by atoms with van der Waals surface area (Å²) < 4.78 is 11.2. The molecular formula is C17H24O3. The monoisotopic (exact) mass is 276 g/mol. The summed E-state index contributed by atoms with van der Waals surface area (Å²) in [5.74, 6) is 0.0748. The van der Waals surface area contributed by atoms with Crippen LogP contribution in [0.2, 0.25) is 0 Å². The van der Waals surface area contributed by atoms with Crippen molar-refractivity contribution in [2.45, 2.75) is 51.7 Å². The van der Waals surface area contributed by atoms with E-state index in [1.54, 1.807) is 7.11 Å². The first kappa shape index (κ1) is 15.2. The summed E-state index contributed by atoms with van der Waals surface area (Å²) in [6.07, 6.45) is 4.57. The maximum Gasteiger partial charge on any atom is 0.188 e. The number of Topliss-reactive ketones (excluding diaryl/α,β-unsaturated/α-hetero) is 1. The fourth-order valence-electron chi connectivity index (χ4n) is 2.78. The van der Waals surface area contributed by atoms with Crippen molar-refractivity contribution in [3.8, 4) is 0 Å². The van der Waals surface area contributed by atoms with Crippen LogP contribution in [-0.2, 0) is 9.47 Å². The van der Waals surface area contributed by atoms with Crippen LogP contribution in [0.15, 0.2) is 18.2 Å². The third-order valence-electron chi connectivity index (χ3n) is 4.05. The van der Waals surface area contributed by atoms with Crippen LogP contribution in [-0.4, -0.2) is 31.7 Å². The molecule has 0 bridgehead atoms. The Bertz CT molecular complexity index is 467. The highest BCUT2D eigenvalue weighted by Crippen LogP contribution is 2.23. The van der Waals surface area contributed by atoms with Crippen molar-refractivity contribution < 1.29 is 14.3 Å². The molecule has 0 spiro atoms. The molecule has 0 radical (unpaired) electrons. The molecule has 0 saturated heterocycles. The quantitative estimate of drug-likeness (QED) is 0.773. The van der Waals surface area contributed by atoms with Crippen molar-refractivity contribution in [1.82, 2.24) is 0 Å². The Morgan fingerprint density at radius 3 is 2.75 bits per heavy atom. The van der Waals surface area contributed by atoms with Gasteiger partial charge in [0.25, 0.3) is 0 Å². The minimum absolute atomic E-state index is 0.0748. The topological polar surface area (TPSA) is 35.5 Å². The zero-order valence-corrected chi connectivity index (χ0v) is 12.6. The number of carbonyl (C=O) groups excluding carboxylic acids is 1. The van der Waals surface area contributed by atoms with Crippen LogP contribution in [0.25, 0.3) is 0 Å². The van der Waals surface area contributed by atoms with Crippen LogP contribution in [0.1, 0.15) is 47.2 Å². The summed E-state index contributed by atoms with van der Waals surface area (Å²) in [4.78, 5) is 12.3. The van der Waals surface area contributed by atoms with Gasteiger partial charge in [0.2, 0.25) is 0 Å². The number of carbonyl (C=O) groups is 1. The van der Waals surface area contributed by atoms with Gasteiger partial charge in [-0.2, -0.15) is 0 Å². The number of hydrogen-bond acceptors (Lipinski definition) is 3. The van der Waals surface area contributed by atoms with Gasteiger partial charge in [-0.1, -0.05) is 17.7 Å². The first-order chi connectivity index (χ1) is 9.60. The van der Waals surface area contributed by atoms with E-state index in [-0.39, 0.29) is 24.6 Å². The minimum Gasteiger partial charge on any atom is -0.381 e. The molecule has 2 atom stereocenters. The lowest BCUT2D eigenvalue weighted by Crippen LogP contribution is -2.29. The average molecular weight is 276 g/mol. The molecule has 1 saturated carbocycles. The van der Waals surface area contributed by atoms with Crippen LogP contribution in [0.5, 0.6) is 0 Å². The van der Waals surface area contributed by atoms with E-state index in [1.807, 2.05) is 32.0 Å². The van der Waals surface area contributed by atoms with E-state index in [1.165, 1.54) is 0 Å². The van der Waals surface area contributed by atoms with Crippen molar-refractivity contribution in [2.24, 2.45) is 0 Å². The number of hydrogen-bond donors (Lipinski definition) is 0. The third kappa shape index (κ3) is 3.90. The molecule has 2 unspecified atom stereocenters. The minimum atomic E-state index is 0.0748. The highest BCUT2D eigenvalue weighted by atomic mass is 16.5. The zero-order valence-electron chi connectivity index (χ0n) is 12.6. The molecule has 1 aromatic carbocycles. The molecule has 0 aliphatic heterocycles. The van der Waals surface area contributed by atoms with Crippen LogP contribution in [0.4, 0.5) is 0 Å². The Hall–Kier alpha value is -1.19. The molecule has 1 fully saturated rings. The zero-order chi connectivity index (χ0) is 14.5. The molecule has 110 valence electrons. The van der Waals surface area contributed by atoms with Crippen LogP contribution in [0.3, 0.4) is 0 Å². The van der Waals surface area contributed by atoms with Crippen molar-refractivity contribution in [3.63, 3.8) is 0 Å². The van der Waals surface area contributed by atoms with Crippen LogP contribution < -0.4 is 0 Å². The van der Waals surface area contributed by atoms with E-state index in [0.29, 0.717) is 0 Å². The Kier molecular flexibility index (Phi) is 5.32. The van der Waals surface area contributed by atoms with Crippen molar-refractivity contribution >= 4 is 5.78 Å². The first-order valence-electron chi connectivity index (χ1n) is 7.35. The average Bonchev–Trinajstić information content (AvgIpc) is 2.47. The molecular weight excluding hydrogens is 252 g/mol. The smallest absolute Gasteiger partial charge is 0.188 e. The lowest BCUT2D eigenvalue weighted by molar-refractivity contribution is -0.0243. The van der Waals surface area contributed by atoms with E-state index in [2.05, 4.69) is 0 Å². The predicted molar refractivity (Wildman–Crippen MR) is 79.3 cm³/mol. The number of rotatable bonds is 5. The molecule has 3 heteroatoms. The number of methoxy groups -OCH3 is 1. The van der Waals surface area contributed by atoms with Gasteiger partial charge >= 0.3 is 0 Å². The van der Waals surface area contributed by atoms with Crippen molar-refractivity contribution in [1.29, 1.82) is 0 Å². The third-order valence-corrected chi connectivity index (χ3v) is 4.05. The Balaban J connectivity index is 1.90. The fraction of sp³-hybridized carbons (Fsp3) is 0.588. The fourth-order valence-corrected chi connectivity index (χ4v) is 2.78. The summed E-state index contributed by atoms with van der Waals surface area (Å²) in [6.45, 7) is 4.14. The number of benzene rings is 1. The van der Waals surface area contributed by atoms with Crippen molar-refractivity contribution in [2.75, 3.05) is 13.7 Å². The first-order valence-corrected chi connectivity index (χ1v) is 7.35. The van der Waals surface area contributed by atoms with Gasteiger partial charge in [-0.25, -0.2) is 0 Å². The highest BCUT2D eigenvalue weighted by Gasteiger charge is 2.23. The van der Waals surface area contributed by atoms with E-state index < -0.39 is 0 Å². The van der Waals surface area contributed by atoms with Crippen LogP contribution >= 0.6 is 0 Å². The summed E-state index contributed by atoms with van der Waals surface area (Å²) >= 11 is 0. The standard InChI is InChI=1S/C17H24O3/c1-12-7-8-13(2)16(9-12)17(18)11-20-15-6-4-5-14(10-15)19-3/h7-9,14-15H,4-6,10-11H2,1-3H3. The Morgan fingerprint density at radius 1 is 1.25 bits per heavy atom. The summed E-state index contributed by atoms with van der Waals surface area (Å²) in [5.41, 5.74) is 2.91. The number of ketones is 1. The number of aryl methyl sites for hydroxylation is 2. The summed E-state index contributed by atoms with van der Waals surface area (Å²) in [6, 6.07) is 5.96. The lowest BCUT2D eigenvalue weighted by atomic mass is 9.95. The Labute approximate surface area is 121 Å². The molecule has 0 heterocycles. The second-order valence-corrected chi connectivity index (χ2v) is 5.70. The van der Waals surface area contributed by atoms with Gasteiger partial charge in [0.05, 0.1) is 12.2 Å². The molecule has 1 aromatic rings. The lowest BCUT2D eigenvalue weighted by Gasteiger charge is -2.28. The summed E-state index contributed by atoms with van der Waals surface area (Å²) in [7, 11) is 1.74. The second-order valence-electron chi connectivity index (χ2n) is 5.70. The van der Waals surface area contributed by atoms with E-state index in [0.717, 1.165) is 42.4 Å². The van der Waals surface area contributed by atoms with E-state index in [4.69, 9.17) is 9.47 Å². The molecule has 20 heavy (non-hydrogen) atoms. The van der Waals surface area contributed by atoms with Gasteiger partial charge in [0.15, 0.2) is 5.78 Å². The number of ether oxygens (including phenoxy) is 2. The summed E-state index contributed by atoms with van der Waals surface area (Å²) in [5, 5.41) is 0.